The number of hydrogen-bond donors (Lipinski definition) is 2. The van der Waals surface area contributed by atoms with E-state index < -0.39 is 14.9 Å². The summed E-state index contributed by atoms with van der Waals surface area (Å²) in [5, 5.41) is 13.9. The highest BCUT2D eigenvalue weighted by atomic mass is 32.2. The Morgan fingerprint density at radius 2 is 1.60 bits per heavy atom. The van der Waals surface area contributed by atoms with E-state index in [1.165, 1.54) is 49.6 Å². The highest BCUT2D eigenvalue weighted by Crippen LogP contribution is 2.21. The topological polar surface area (TPSA) is 118 Å². The number of rotatable bonds is 6. The number of nitrogens with one attached hydrogen (secondary N) is 2. The molecule has 0 aliphatic heterocycles. The normalized spacial score (nSPS) is 15.6. The van der Waals surface area contributed by atoms with Crippen LogP contribution in [0.2, 0.25) is 0 Å². The van der Waals surface area contributed by atoms with Gasteiger partial charge in [-0.05, 0) is 43.2 Å². The van der Waals surface area contributed by atoms with E-state index in [-0.39, 0.29) is 28.2 Å². The lowest BCUT2D eigenvalue weighted by Gasteiger charge is -2.21. The third-order valence-electron chi connectivity index (χ3n) is 5.18. The van der Waals surface area contributed by atoms with Crippen LogP contribution in [0.3, 0.4) is 0 Å². The number of nitrogens with zero attached hydrogens (tertiary/aromatic N) is 1. The zero-order valence-corrected chi connectivity index (χ0v) is 17.4. The molecular weight excluding hydrogens is 406 g/mol. The fourth-order valence-corrected chi connectivity index (χ4v) is 4.64. The molecule has 1 amide bonds. The Kier molecular flexibility index (Phi) is 7.04. The number of carbonyl (C=O) groups excluding carboxylic acids is 1. The SMILES string of the molecule is O=C(NC1CCCCCCC1)c1ccc(NS(=O)(=O)c2cccc([N+](=O)[O-])c2)cc1. The van der Waals surface area contributed by atoms with Crippen LogP contribution in [-0.2, 0) is 10.0 Å². The highest BCUT2D eigenvalue weighted by Gasteiger charge is 2.19. The van der Waals surface area contributed by atoms with Gasteiger partial charge in [-0.1, -0.05) is 38.2 Å². The Hall–Kier alpha value is -2.94. The molecule has 0 heterocycles. The summed E-state index contributed by atoms with van der Waals surface area (Å²) in [5.41, 5.74) is 0.415. The van der Waals surface area contributed by atoms with Gasteiger partial charge in [-0.25, -0.2) is 8.42 Å². The maximum Gasteiger partial charge on any atom is 0.270 e. The molecule has 0 atom stereocenters. The minimum Gasteiger partial charge on any atom is -0.349 e. The van der Waals surface area contributed by atoms with Gasteiger partial charge in [0.15, 0.2) is 0 Å². The molecule has 1 saturated carbocycles. The molecule has 0 radical (unpaired) electrons. The maximum atomic E-state index is 12.5. The fraction of sp³-hybridized carbons (Fsp3) is 0.381. The Balaban J connectivity index is 1.65. The molecule has 9 heteroatoms. The minimum atomic E-state index is -3.99. The lowest BCUT2D eigenvalue weighted by atomic mass is 9.96. The predicted octanol–water partition coefficient (Wildman–Crippen LogP) is 4.24. The van der Waals surface area contributed by atoms with Crippen molar-refractivity contribution in [1.29, 1.82) is 0 Å². The van der Waals surface area contributed by atoms with Crippen molar-refractivity contribution in [3.63, 3.8) is 0 Å². The van der Waals surface area contributed by atoms with E-state index in [4.69, 9.17) is 0 Å². The van der Waals surface area contributed by atoms with Gasteiger partial charge < -0.3 is 5.32 Å². The monoisotopic (exact) mass is 431 g/mol. The van der Waals surface area contributed by atoms with Gasteiger partial charge in [0.25, 0.3) is 21.6 Å². The second-order valence-electron chi connectivity index (χ2n) is 7.45. The summed E-state index contributed by atoms with van der Waals surface area (Å²) in [4.78, 5) is 22.5. The predicted molar refractivity (Wildman–Crippen MR) is 114 cm³/mol. The zero-order chi connectivity index (χ0) is 21.6. The summed E-state index contributed by atoms with van der Waals surface area (Å²) in [7, 11) is -3.99. The number of sulfonamides is 1. The minimum absolute atomic E-state index is 0.171. The van der Waals surface area contributed by atoms with Gasteiger partial charge >= 0.3 is 0 Å². The first kappa shape index (κ1) is 21.8. The molecule has 2 aromatic rings. The van der Waals surface area contributed by atoms with Gasteiger partial charge in [0.2, 0.25) is 0 Å². The lowest BCUT2D eigenvalue weighted by Crippen LogP contribution is -2.35. The summed E-state index contributed by atoms with van der Waals surface area (Å²) < 4.78 is 27.4. The summed E-state index contributed by atoms with van der Waals surface area (Å²) in [6.45, 7) is 0. The van der Waals surface area contributed by atoms with Crippen molar-refractivity contribution in [3.8, 4) is 0 Å². The molecule has 0 aromatic heterocycles. The van der Waals surface area contributed by atoms with Crippen LogP contribution in [0, 0.1) is 10.1 Å². The van der Waals surface area contributed by atoms with Gasteiger partial charge in [0, 0.05) is 29.4 Å². The first-order chi connectivity index (χ1) is 14.3. The van der Waals surface area contributed by atoms with E-state index in [2.05, 4.69) is 10.0 Å². The van der Waals surface area contributed by atoms with E-state index in [9.17, 15) is 23.3 Å². The average molecular weight is 432 g/mol. The smallest absolute Gasteiger partial charge is 0.270 e. The van der Waals surface area contributed by atoms with Crippen molar-refractivity contribution in [1.82, 2.24) is 5.32 Å². The maximum absolute atomic E-state index is 12.5. The standard InChI is InChI=1S/C21H25N3O5S/c25-21(22-17-7-4-2-1-3-5-8-17)16-11-13-18(14-12-16)23-30(28,29)20-10-6-9-19(15-20)24(26)27/h6,9-15,17,23H,1-5,7-8H2,(H,22,25). The van der Waals surface area contributed by atoms with Crippen LogP contribution in [0.4, 0.5) is 11.4 Å². The quantitative estimate of drug-likeness (QED) is 0.524. The van der Waals surface area contributed by atoms with Crippen molar-refractivity contribution in [2.45, 2.75) is 55.9 Å². The van der Waals surface area contributed by atoms with Gasteiger partial charge in [0.1, 0.15) is 0 Å². The number of hydrogen-bond acceptors (Lipinski definition) is 5. The highest BCUT2D eigenvalue weighted by molar-refractivity contribution is 7.92. The van der Waals surface area contributed by atoms with Crippen LogP contribution in [0.1, 0.15) is 55.3 Å². The lowest BCUT2D eigenvalue weighted by molar-refractivity contribution is -0.385. The third-order valence-corrected chi connectivity index (χ3v) is 6.56. The van der Waals surface area contributed by atoms with Crippen LogP contribution in [0.15, 0.2) is 53.4 Å². The molecule has 30 heavy (non-hydrogen) atoms. The van der Waals surface area contributed by atoms with E-state index >= 15 is 0 Å². The number of non-ortho nitro benzene ring substituents is 1. The molecule has 8 nitrogen and oxygen atoms in total. The van der Waals surface area contributed by atoms with Crippen LogP contribution >= 0.6 is 0 Å². The number of benzene rings is 2. The average Bonchev–Trinajstić information content (AvgIpc) is 2.70. The van der Waals surface area contributed by atoms with E-state index in [0.29, 0.717) is 5.56 Å². The second kappa shape index (κ2) is 9.71. The van der Waals surface area contributed by atoms with Crippen molar-refractivity contribution in [2.75, 3.05) is 4.72 Å². The first-order valence-corrected chi connectivity index (χ1v) is 11.5. The van der Waals surface area contributed by atoms with Gasteiger partial charge in [-0.3, -0.25) is 19.6 Å². The molecular formula is C21H25N3O5S. The molecule has 1 aliphatic rings. The summed E-state index contributed by atoms with van der Waals surface area (Å²) in [6, 6.07) is 11.1. The molecule has 3 rings (SSSR count). The summed E-state index contributed by atoms with van der Waals surface area (Å²) in [6.07, 6.45) is 7.85. The van der Waals surface area contributed by atoms with Crippen molar-refractivity contribution in [2.24, 2.45) is 0 Å². The molecule has 2 N–H and O–H groups in total. The van der Waals surface area contributed by atoms with Gasteiger partial charge in [-0.2, -0.15) is 0 Å². The molecule has 0 spiro atoms. The Morgan fingerprint density at radius 3 is 2.23 bits per heavy atom. The number of anilines is 1. The molecule has 0 bridgehead atoms. The molecule has 0 saturated heterocycles. The van der Waals surface area contributed by atoms with Crippen molar-refractivity contribution < 1.29 is 18.1 Å². The summed E-state index contributed by atoms with van der Waals surface area (Å²) >= 11 is 0. The van der Waals surface area contributed by atoms with Crippen LogP contribution in [0.5, 0.6) is 0 Å². The van der Waals surface area contributed by atoms with Gasteiger partial charge in [-0.15, -0.1) is 0 Å². The van der Waals surface area contributed by atoms with Crippen LogP contribution < -0.4 is 10.0 Å². The second-order valence-corrected chi connectivity index (χ2v) is 9.14. The van der Waals surface area contributed by atoms with Crippen molar-refractivity contribution in [3.05, 3.63) is 64.2 Å². The largest absolute Gasteiger partial charge is 0.349 e. The molecule has 1 fully saturated rings. The van der Waals surface area contributed by atoms with E-state index in [0.717, 1.165) is 31.7 Å². The van der Waals surface area contributed by atoms with E-state index in [1.54, 1.807) is 12.1 Å². The van der Waals surface area contributed by atoms with Crippen LogP contribution in [0.25, 0.3) is 0 Å². The molecule has 1 aliphatic carbocycles. The number of carbonyl (C=O) groups is 1. The Bertz CT molecular complexity index is 998. The number of amides is 1. The van der Waals surface area contributed by atoms with Gasteiger partial charge in [0.05, 0.1) is 9.82 Å². The van der Waals surface area contributed by atoms with E-state index in [1.807, 2.05) is 0 Å². The first-order valence-electron chi connectivity index (χ1n) is 10.0. The Labute approximate surface area is 175 Å². The number of nitro groups is 1. The third kappa shape index (κ3) is 5.79. The molecule has 160 valence electrons. The molecule has 0 unspecified atom stereocenters. The summed E-state index contributed by atoms with van der Waals surface area (Å²) in [5.74, 6) is -0.173. The Morgan fingerprint density at radius 1 is 0.967 bits per heavy atom. The zero-order valence-electron chi connectivity index (χ0n) is 16.5. The molecule has 2 aromatic carbocycles. The van der Waals surface area contributed by atoms with Crippen molar-refractivity contribution >= 4 is 27.3 Å². The van der Waals surface area contributed by atoms with Crippen LogP contribution in [-0.4, -0.2) is 25.3 Å². The fourth-order valence-electron chi connectivity index (χ4n) is 3.54. The number of nitro benzene ring substituents is 1.